The van der Waals surface area contributed by atoms with E-state index in [4.69, 9.17) is 4.74 Å². The van der Waals surface area contributed by atoms with Crippen LogP contribution in [0.2, 0.25) is 0 Å². The topological polar surface area (TPSA) is 102 Å². The van der Waals surface area contributed by atoms with Gasteiger partial charge >= 0.3 is 5.97 Å². The molecule has 0 spiro atoms. The van der Waals surface area contributed by atoms with Gasteiger partial charge in [0.25, 0.3) is 5.91 Å². The summed E-state index contributed by atoms with van der Waals surface area (Å²) in [7, 11) is 0.146. The van der Waals surface area contributed by atoms with Gasteiger partial charge in [-0.15, -0.1) is 0 Å². The molecule has 30 heavy (non-hydrogen) atoms. The van der Waals surface area contributed by atoms with E-state index in [1.807, 2.05) is 30.3 Å². The van der Waals surface area contributed by atoms with Crippen molar-refractivity contribution in [2.45, 2.75) is 24.3 Å². The monoisotopic (exact) mass is 434 g/mol. The van der Waals surface area contributed by atoms with Gasteiger partial charge in [-0.25, -0.2) is 13.1 Å². The van der Waals surface area contributed by atoms with Crippen molar-refractivity contribution in [3.8, 4) is 5.75 Å². The highest BCUT2D eigenvalue weighted by molar-refractivity contribution is 7.89. The van der Waals surface area contributed by atoms with Gasteiger partial charge in [-0.05, 0) is 37.2 Å². The van der Waals surface area contributed by atoms with Crippen LogP contribution in [0, 0.1) is 0 Å². The maximum absolute atomic E-state index is 13.2. The highest BCUT2D eigenvalue weighted by Crippen LogP contribution is 2.25. The van der Waals surface area contributed by atoms with Crippen LogP contribution in [0.1, 0.15) is 28.8 Å². The third-order valence-corrected chi connectivity index (χ3v) is 5.94. The minimum absolute atomic E-state index is 0.118. The normalized spacial score (nSPS) is 11.0. The third kappa shape index (κ3) is 6.04. The summed E-state index contributed by atoms with van der Waals surface area (Å²) in [5.41, 5.74) is 1.12. The van der Waals surface area contributed by atoms with Crippen molar-refractivity contribution in [2.24, 2.45) is 0 Å². The summed E-state index contributed by atoms with van der Waals surface area (Å²) in [6.07, 6.45) is 0.597. The third-order valence-electron chi connectivity index (χ3n) is 4.51. The second kappa shape index (κ2) is 10.7. The molecule has 0 heterocycles. The zero-order chi connectivity index (χ0) is 22.1. The van der Waals surface area contributed by atoms with E-state index in [2.05, 4.69) is 9.46 Å². The average Bonchev–Trinajstić information content (AvgIpc) is 2.77. The fourth-order valence-electron chi connectivity index (χ4n) is 2.88. The quantitative estimate of drug-likeness (QED) is 0.575. The Labute approximate surface area is 176 Å². The number of sulfonamides is 1. The Balaban J connectivity index is 2.33. The van der Waals surface area contributed by atoms with Gasteiger partial charge < -0.3 is 14.4 Å². The Kier molecular flexibility index (Phi) is 8.37. The Morgan fingerprint density at radius 1 is 1.07 bits per heavy atom. The molecule has 0 fully saturated rings. The number of amides is 1. The highest BCUT2D eigenvalue weighted by atomic mass is 32.2. The fraction of sp³-hybridized carbons (Fsp3) is 0.333. The Morgan fingerprint density at radius 3 is 2.37 bits per heavy atom. The summed E-state index contributed by atoms with van der Waals surface area (Å²) in [6.45, 7) is 0.629. The molecular weight excluding hydrogens is 408 g/mol. The number of hydrogen-bond donors (Lipinski definition) is 1. The summed E-state index contributed by atoms with van der Waals surface area (Å²) in [5.74, 6) is -0.561. The minimum Gasteiger partial charge on any atom is -0.495 e. The molecule has 0 atom stereocenters. The molecule has 0 aliphatic rings. The lowest BCUT2D eigenvalue weighted by Crippen LogP contribution is -2.32. The van der Waals surface area contributed by atoms with Crippen molar-refractivity contribution in [3.63, 3.8) is 0 Å². The van der Waals surface area contributed by atoms with Gasteiger partial charge in [-0.1, -0.05) is 30.3 Å². The molecule has 0 unspecified atom stereocenters. The minimum atomic E-state index is -3.82. The van der Waals surface area contributed by atoms with Crippen molar-refractivity contribution in [3.05, 3.63) is 59.7 Å². The molecule has 2 aromatic carbocycles. The lowest BCUT2D eigenvalue weighted by molar-refractivity contribution is -0.140. The number of rotatable bonds is 10. The Hall–Kier alpha value is -2.91. The average molecular weight is 435 g/mol. The zero-order valence-electron chi connectivity index (χ0n) is 17.3. The van der Waals surface area contributed by atoms with E-state index < -0.39 is 10.0 Å². The van der Waals surface area contributed by atoms with Gasteiger partial charge in [0.05, 0.1) is 14.2 Å². The van der Waals surface area contributed by atoms with E-state index in [9.17, 15) is 18.0 Å². The summed E-state index contributed by atoms with van der Waals surface area (Å²) in [5, 5.41) is 0. The fourth-order valence-corrected chi connectivity index (χ4v) is 3.80. The molecule has 0 bridgehead atoms. The zero-order valence-corrected chi connectivity index (χ0v) is 18.1. The number of esters is 1. The molecule has 0 aliphatic carbocycles. The highest BCUT2D eigenvalue weighted by Gasteiger charge is 2.23. The number of methoxy groups -OCH3 is 2. The van der Waals surface area contributed by atoms with Crippen molar-refractivity contribution in [1.82, 2.24) is 9.62 Å². The molecule has 0 radical (unpaired) electrons. The second-order valence-corrected chi connectivity index (χ2v) is 8.32. The molecule has 2 rings (SSSR count). The van der Waals surface area contributed by atoms with Crippen LogP contribution in [0.5, 0.6) is 5.75 Å². The largest absolute Gasteiger partial charge is 0.495 e. The predicted molar refractivity (Wildman–Crippen MR) is 112 cm³/mol. The van der Waals surface area contributed by atoms with Gasteiger partial charge in [-0.2, -0.15) is 0 Å². The number of hydrogen-bond acceptors (Lipinski definition) is 6. The van der Waals surface area contributed by atoms with Crippen LogP contribution in [0.4, 0.5) is 0 Å². The van der Waals surface area contributed by atoms with Crippen LogP contribution in [0.25, 0.3) is 0 Å². The summed E-state index contributed by atoms with van der Waals surface area (Å²) < 4.78 is 36.7. The number of carbonyl (C=O) groups excluding carboxylic acids is 2. The van der Waals surface area contributed by atoms with Gasteiger partial charge in [-0.3, -0.25) is 9.59 Å². The van der Waals surface area contributed by atoms with Crippen LogP contribution in [-0.4, -0.2) is 53.0 Å². The molecule has 0 aromatic heterocycles. The first-order valence-corrected chi connectivity index (χ1v) is 10.8. The van der Waals surface area contributed by atoms with E-state index in [1.54, 1.807) is 4.90 Å². The first-order valence-electron chi connectivity index (χ1n) is 9.34. The number of nitrogens with zero attached hydrogens (tertiary/aromatic N) is 1. The first-order chi connectivity index (χ1) is 14.3. The van der Waals surface area contributed by atoms with Gasteiger partial charge in [0.15, 0.2) is 0 Å². The number of benzene rings is 2. The van der Waals surface area contributed by atoms with Crippen LogP contribution in [0.3, 0.4) is 0 Å². The van der Waals surface area contributed by atoms with Crippen molar-refractivity contribution in [2.75, 3.05) is 27.8 Å². The number of carbonyl (C=O) groups is 2. The van der Waals surface area contributed by atoms with Gasteiger partial charge in [0, 0.05) is 25.1 Å². The van der Waals surface area contributed by atoms with Crippen LogP contribution in [0.15, 0.2) is 53.4 Å². The Bertz CT molecular complexity index is 976. The van der Waals surface area contributed by atoms with Gasteiger partial charge in [0.2, 0.25) is 10.0 Å². The van der Waals surface area contributed by atoms with Crippen molar-refractivity contribution < 1.29 is 27.5 Å². The molecule has 1 amide bonds. The van der Waals surface area contributed by atoms with Crippen LogP contribution < -0.4 is 9.46 Å². The molecule has 8 nitrogen and oxygen atoms in total. The SMILES string of the molecule is CNS(=O)(=O)c1cc(C(=O)N(CCCC(=O)OC)Cc2ccccc2)ccc1OC. The van der Waals surface area contributed by atoms with Crippen molar-refractivity contribution >= 4 is 21.9 Å². The maximum Gasteiger partial charge on any atom is 0.305 e. The number of nitrogens with one attached hydrogen (secondary N) is 1. The molecule has 0 saturated carbocycles. The van der Waals surface area contributed by atoms with E-state index >= 15 is 0 Å². The van der Waals surface area contributed by atoms with Gasteiger partial charge in [0.1, 0.15) is 10.6 Å². The van der Waals surface area contributed by atoms with E-state index in [1.165, 1.54) is 39.5 Å². The van der Waals surface area contributed by atoms with Crippen molar-refractivity contribution in [1.29, 1.82) is 0 Å². The molecule has 162 valence electrons. The molecular formula is C21H26N2O6S. The Morgan fingerprint density at radius 2 is 1.77 bits per heavy atom. The molecule has 9 heteroatoms. The number of ether oxygens (including phenoxy) is 2. The second-order valence-electron chi connectivity index (χ2n) is 6.47. The smallest absolute Gasteiger partial charge is 0.305 e. The summed E-state index contributed by atoms with van der Waals surface area (Å²) in [4.78, 5) is 26.1. The van der Waals surface area contributed by atoms with Crippen LogP contribution >= 0.6 is 0 Å². The predicted octanol–water partition coefficient (Wildman–Crippen LogP) is 2.20. The van der Waals surface area contributed by atoms with E-state index in [0.29, 0.717) is 19.5 Å². The maximum atomic E-state index is 13.2. The summed E-state index contributed by atoms with van der Waals surface area (Å²) >= 11 is 0. The van der Waals surface area contributed by atoms with E-state index in [0.717, 1.165) is 5.56 Å². The molecule has 1 N–H and O–H groups in total. The summed E-state index contributed by atoms with van der Waals surface area (Å²) in [6, 6.07) is 13.7. The molecule has 2 aromatic rings. The van der Waals surface area contributed by atoms with E-state index in [-0.39, 0.29) is 34.5 Å². The molecule has 0 saturated heterocycles. The first kappa shape index (κ1) is 23.4. The standard InChI is InChI=1S/C21H26N2O6S/c1-22-30(26,27)19-14-17(11-12-18(19)28-2)21(25)23(13-7-10-20(24)29-3)15-16-8-5-4-6-9-16/h4-6,8-9,11-12,14,22H,7,10,13,15H2,1-3H3. The lowest BCUT2D eigenvalue weighted by atomic mass is 10.1. The lowest BCUT2D eigenvalue weighted by Gasteiger charge is -2.23. The molecule has 0 aliphatic heterocycles. The van der Waals surface area contributed by atoms with Crippen LogP contribution in [-0.2, 0) is 26.1 Å².